The summed E-state index contributed by atoms with van der Waals surface area (Å²) >= 11 is 5.62. The van der Waals surface area contributed by atoms with Crippen molar-refractivity contribution >= 4 is 27.5 Å². The minimum atomic E-state index is -3.89. The molecular formula is C17H15ClFN5O4S. The van der Waals surface area contributed by atoms with Crippen LogP contribution >= 0.6 is 11.6 Å². The monoisotopic (exact) mass is 439 g/mol. The second kappa shape index (κ2) is 8.64. The zero-order chi connectivity index (χ0) is 21.0. The van der Waals surface area contributed by atoms with E-state index in [1.54, 1.807) is 13.0 Å². The molecule has 0 saturated carbocycles. The molecule has 0 atom stereocenters. The van der Waals surface area contributed by atoms with Gasteiger partial charge in [-0.1, -0.05) is 17.7 Å². The molecule has 1 aromatic carbocycles. The number of halogens is 2. The van der Waals surface area contributed by atoms with E-state index in [1.807, 2.05) is 0 Å². The Labute approximate surface area is 170 Å². The molecule has 12 heteroatoms. The molecule has 152 valence electrons. The van der Waals surface area contributed by atoms with Crippen molar-refractivity contribution in [2.75, 3.05) is 0 Å². The van der Waals surface area contributed by atoms with Crippen molar-refractivity contribution in [3.8, 4) is 0 Å². The molecule has 3 rings (SSSR count). The number of pyridine rings is 1. The van der Waals surface area contributed by atoms with E-state index in [9.17, 15) is 17.6 Å². The van der Waals surface area contributed by atoms with Crippen LogP contribution in [-0.4, -0.2) is 29.5 Å². The first-order valence-corrected chi connectivity index (χ1v) is 10.1. The first-order valence-electron chi connectivity index (χ1n) is 8.21. The Morgan fingerprint density at radius 1 is 1.21 bits per heavy atom. The molecule has 0 aliphatic heterocycles. The van der Waals surface area contributed by atoms with Crippen LogP contribution in [0.5, 0.6) is 0 Å². The maximum Gasteiger partial charge on any atom is 0.270 e. The van der Waals surface area contributed by atoms with Crippen LogP contribution in [-0.2, 0) is 23.1 Å². The van der Waals surface area contributed by atoms with Gasteiger partial charge in [0.15, 0.2) is 0 Å². The van der Waals surface area contributed by atoms with Crippen LogP contribution in [0.1, 0.15) is 27.8 Å². The highest BCUT2D eigenvalue weighted by Gasteiger charge is 2.16. The molecule has 0 aliphatic rings. The van der Waals surface area contributed by atoms with Gasteiger partial charge in [-0.25, -0.2) is 17.5 Å². The van der Waals surface area contributed by atoms with E-state index in [0.717, 1.165) is 18.2 Å². The van der Waals surface area contributed by atoms with Gasteiger partial charge in [-0.05, 0) is 29.8 Å². The van der Waals surface area contributed by atoms with Crippen LogP contribution in [0, 0.1) is 12.7 Å². The van der Waals surface area contributed by atoms with Gasteiger partial charge in [-0.3, -0.25) is 9.78 Å². The highest BCUT2D eigenvalue weighted by molar-refractivity contribution is 7.89. The van der Waals surface area contributed by atoms with E-state index in [1.165, 1.54) is 12.3 Å². The van der Waals surface area contributed by atoms with Crippen LogP contribution in [0.4, 0.5) is 4.39 Å². The lowest BCUT2D eigenvalue weighted by atomic mass is 10.2. The summed E-state index contributed by atoms with van der Waals surface area (Å²) in [4.78, 5) is 15.9. The highest BCUT2D eigenvalue weighted by Crippen LogP contribution is 2.19. The summed E-state index contributed by atoms with van der Waals surface area (Å²) in [6.07, 6.45) is 1.37. The summed E-state index contributed by atoms with van der Waals surface area (Å²) in [7, 11) is -3.89. The fraction of sp³-hybridized carbons (Fsp3) is 0.176. The smallest absolute Gasteiger partial charge is 0.270 e. The lowest BCUT2D eigenvalue weighted by Crippen LogP contribution is -2.25. The lowest BCUT2D eigenvalue weighted by molar-refractivity contribution is 0.0942. The maximum atomic E-state index is 13.2. The third kappa shape index (κ3) is 5.34. The van der Waals surface area contributed by atoms with E-state index in [4.69, 9.17) is 16.0 Å². The number of rotatable bonds is 7. The summed E-state index contributed by atoms with van der Waals surface area (Å²) in [6, 6.07) is 6.11. The molecule has 2 heterocycles. The minimum absolute atomic E-state index is 0.0587. The van der Waals surface area contributed by atoms with Crippen LogP contribution in [0.25, 0.3) is 0 Å². The first-order chi connectivity index (χ1) is 13.7. The number of benzene rings is 1. The van der Waals surface area contributed by atoms with Gasteiger partial charge in [-0.15, -0.1) is 10.2 Å². The van der Waals surface area contributed by atoms with Gasteiger partial charge in [-0.2, -0.15) is 0 Å². The second-order valence-electron chi connectivity index (χ2n) is 5.85. The largest absolute Gasteiger partial charge is 0.424 e. The second-order valence-corrected chi connectivity index (χ2v) is 8.02. The fourth-order valence-electron chi connectivity index (χ4n) is 2.22. The Bertz CT molecular complexity index is 1130. The van der Waals surface area contributed by atoms with Crippen LogP contribution < -0.4 is 10.0 Å². The number of amides is 1. The van der Waals surface area contributed by atoms with Crippen molar-refractivity contribution in [2.45, 2.75) is 24.9 Å². The molecule has 0 bridgehead atoms. The van der Waals surface area contributed by atoms with Gasteiger partial charge >= 0.3 is 0 Å². The molecule has 0 aliphatic carbocycles. The number of aromatic nitrogens is 3. The van der Waals surface area contributed by atoms with Gasteiger partial charge in [0, 0.05) is 19.7 Å². The molecule has 0 radical (unpaired) electrons. The molecule has 1 amide bonds. The third-order valence-corrected chi connectivity index (χ3v) is 5.38. The standard InChI is InChI=1S/C17H15ClFN5O4S/c1-10-23-24-16(28-10)9-21-17(25)15-5-2-11(7-20-15)8-22-29(26,27)12-3-4-14(19)13(18)6-12/h2-7,22H,8-9H2,1H3,(H,21,25). The molecule has 0 saturated heterocycles. The Hall–Kier alpha value is -2.89. The SMILES string of the molecule is Cc1nnc(CNC(=O)c2ccc(CNS(=O)(=O)c3ccc(F)c(Cl)c3)cn2)o1. The number of carbonyl (C=O) groups excluding carboxylic acids is 1. The normalized spacial score (nSPS) is 11.4. The van der Waals surface area contributed by atoms with E-state index >= 15 is 0 Å². The summed E-state index contributed by atoms with van der Waals surface area (Å²) in [5, 5.41) is 9.71. The van der Waals surface area contributed by atoms with Crippen molar-refractivity contribution in [2.24, 2.45) is 0 Å². The topological polar surface area (TPSA) is 127 Å². The number of nitrogens with one attached hydrogen (secondary N) is 2. The molecule has 0 unspecified atom stereocenters. The van der Waals surface area contributed by atoms with Gasteiger partial charge in [0.2, 0.25) is 21.8 Å². The number of nitrogens with zero attached hydrogens (tertiary/aromatic N) is 3. The third-order valence-electron chi connectivity index (χ3n) is 3.69. The molecule has 0 spiro atoms. The van der Waals surface area contributed by atoms with Crippen molar-refractivity contribution in [1.82, 2.24) is 25.2 Å². The first kappa shape index (κ1) is 20.8. The number of hydrogen-bond acceptors (Lipinski definition) is 7. The summed E-state index contributed by atoms with van der Waals surface area (Å²) in [5.74, 6) is -0.503. The van der Waals surface area contributed by atoms with Crippen LogP contribution in [0.3, 0.4) is 0 Å². The van der Waals surface area contributed by atoms with Gasteiger partial charge < -0.3 is 9.73 Å². The van der Waals surface area contributed by atoms with Crippen LogP contribution in [0.15, 0.2) is 45.8 Å². The average Bonchev–Trinajstić information content (AvgIpc) is 3.12. The van der Waals surface area contributed by atoms with E-state index < -0.39 is 21.7 Å². The number of sulfonamides is 1. The lowest BCUT2D eigenvalue weighted by Gasteiger charge is -2.08. The Kier molecular flexibility index (Phi) is 6.20. The summed E-state index contributed by atoms with van der Waals surface area (Å²) < 4.78 is 45.2. The van der Waals surface area contributed by atoms with Crippen molar-refractivity contribution in [1.29, 1.82) is 0 Å². The average molecular weight is 440 g/mol. The van der Waals surface area contributed by atoms with Crippen LogP contribution in [0.2, 0.25) is 5.02 Å². The zero-order valence-electron chi connectivity index (χ0n) is 15.0. The van der Waals surface area contributed by atoms with Gasteiger partial charge in [0.1, 0.15) is 11.5 Å². The molecule has 9 nitrogen and oxygen atoms in total. The van der Waals surface area contributed by atoms with E-state index in [-0.39, 0.29) is 34.6 Å². The molecule has 2 N–H and O–H groups in total. The predicted molar refractivity (Wildman–Crippen MR) is 99.9 cm³/mol. The minimum Gasteiger partial charge on any atom is -0.424 e. The fourth-order valence-corrected chi connectivity index (χ4v) is 3.51. The van der Waals surface area contributed by atoms with Gasteiger partial charge in [0.25, 0.3) is 5.91 Å². The Morgan fingerprint density at radius 2 is 2.00 bits per heavy atom. The van der Waals surface area contributed by atoms with Gasteiger partial charge in [0.05, 0.1) is 16.5 Å². The van der Waals surface area contributed by atoms with E-state index in [2.05, 4.69) is 25.2 Å². The zero-order valence-corrected chi connectivity index (χ0v) is 16.6. The Morgan fingerprint density at radius 3 is 2.62 bits per heavy atom. The van der Waals surface area contributed by atoms with Crippen molar-refractivity contribution in [3.05, 3.63) is 70.4 Å². The molecule has 2 aromatic heterocycles. The highest BCUT2D eigenvalue weighted by atomic mass is 35.5. The van der Waals surface area contributed by atoms with E-state index in [0.29, 0.717) is 11.5 Å². The number of hydrogen-bond donors (Lipinski definition) is 2. The van der Waals surface area contributed by atoms with Crippen molar-refractivity contribution < 1.29 is 22.0 Å². The molecule has 0 fully saturated rings. The quantitative estimate of drug-likeness (QED) is 0.576. The predicted octanol–water partition coefficient (Wildman–Crippen LogP) is 1.97. The number of aryl methyl sites for hydroxylation is 1. The maximum absolute atomic E-state index is 13.2. The number of carbonyl (C=O) groups is 1. The molecule has 3 aromatic rings. The Balaban J connectivity index is 1.58. The molecule has 29 heavy (non-hydrogen) atoms. The summed E-state index contributed by atoms with van der Waals surface area (Å²) in [5.41, 5.74) is 0.657. The molecular weight excluding hydrogens is 425 g/mol. The summed E-state index contributed by atoms with van der Waals surface area (Å²) in [6.45, 7) is 1.62. The van der Waals surface area contributed by atoms with Crippen molar-refractivity contribution in [3.63, 3.8) is 0 Å².